The lowest BCUT2D eigenvalue weighted by Crippen LogP contribution is -2.54. The van der Waals surface area contributed by atoms with E-state index in [1.807, 2.05) is 12.3 Å². The maximum absolute atomic E-state index is 13.3. The van der Waals surface area contributed by atoms with Crippen molar-refractivity contribution in [3.8, 4) is 17.0 Å². The number of imide groups is 2. The zero-order valence-electron chi connectivity index (χ0n) is 28.0. The average molecular weight is 668 g/mol. The summed E-state index contributed by atoms with van der Waals surface area (Å²) in [7, 11) is 0. The molecule has 0 spiro atoms. The smallest absolute Gasteiger partial charge is 0.261 e. The number of ether oxygens (including phenoxy) is 1. The Morgan fingerprint density at radius 1 is 0.857 bits per heavy atom. The minimum Gasteiger partial charge on any atom is -0.492 e. The van der Waals surface area contributed by atoms with Crippen LogP contribution in [0.1, 0.15) is 44.3 Å². The second-order valence-corrected chi connectivity index (χ2v) is 14.3. The van der Waals surface area contributed by atoms with Crippen LogP contribution in [0.2, 0.25) is 0 Å². The zero-order valence-corrected chi connectivity index (χ0v) is 28.0. The highest BCUT2D eigenvalue weighted by Gasteiger charge is 2.47. The maximum Gasteiger partial charge on any atom is 0.261 e. The standard InChI is InChI=1S/C37H45N7O5/c45-34-10-9-31(35(46)39-34)44-36(47)29-8-5-27(22-30(29)37(44)48)42-18-16-41(17-19-42)24-25-11-14-40(15-12-25)20-21-49-28-6-3-26(4-7-28)32-23-38-33-2-1-13-43(32)33/h3-8,23,25,27,31H,1-2,9-22,24H2,(H,39,45,46). The number of piperazine rings is 1. The zero-order chi connectivity index (χ0) is 33.5. The SMILES string of the molecule is O=C1CCC(N2C(=O)C3=C(CC(N4CCN(CC5CCN(CCOc6ccc(-c7cnc8n7CCC8)cc6)CC5)CC4)C=C3)C2=O)C(=O)N1. The Hall–Kier alpha value is -4.13. The normalized spacial score (nSPS) is 25.7. The van der Waals surface area contributed by atoms with Crippen molar-refractivity contribution in [1.29, 1.82) is 0 Å². The molecule has 6 heterocycles. The first-order valence-corrected chi connectivity index (χ1v) is 18.0. The number of likely N-dealkylation sites (tertiary alicyclic amines) is 1. The number of benzene rings is 1. The van der Waals surface area contributed by atoms with Gasteiger partial charge < -0.3 is 14.2 Å². The van der Waals surface area contributed by atoms with Gasteiger partial charge in [-0.15, -0.1) is 0 Å². The molecule has 12 heteroatoms. The van der Waals surface area contributed by atoms with Gasteiger partial charge >= 0.3 is 0 Å². The summed E-state index contributed by atoms with van der Waals surface area (Å²) in [6.07, 6.45) is 11.2. The van der Waals surface area contributed by atoms with Crippen molar-refractivity contribution in [1.82, 2.24) is 34.5 Å². The predicted molar refractivity (Wildman–Crippen MR) is 181 cm³/mol. The number of carbonyl (C=O) groups excluding carboxylic acids is 4. The minimum atomic E-state index is -0.920. The van der Waals surface area contributed by atoms with Crippen LogP contribution < -0.4 is 10.1 Å². The number of aromatic nitrogens is 2. The molecule has 0 bridgehead atoms. The van der Waals surface area contributed by atoms with Crippen LogP contribution in [0.3, 0.4) is 0 Å². The third kappa shape index (κ3) is 6.49. The lowest BCUT2D eigenvalue weighted by atomic mass is 9.94. The molecule has 49 heavy (non-hydrogen) atoms. The number of hydrogen-bond donors (Lipinski definition) is 1. The molecule has 1 aliphatic carbocycles. The van der Waals surface area contributed by atoms with Gasteiger partial charge in [0.05, 0.1) is 11.9 Å². The van der Waals surface area contributed by atoms with E-state index in [0.717, 1.165) is 76.0 Å². The van der Waals surface area contributed by atoms with E-state index < -0.39 is 17.9 Å². The number of fused-ring (bicyclic) bond motifs is 1. The molecule has 12 nitrogen and oxygen atoms in total. The molecule has 1 aromatic carbocycles. The van der Waals surface area contributed by atoms with Crippen molar-refractivity contribution >= 4 is 23.6 Å². The van der Waals surface area contributed by atoms with E-state index in [1.165, 1.54) is 36.3 Å². The molecule has 3 fully saturated rings. The van der Waals surface area contributed by atoms with Crippen molar-refractivity contribution in [2.75, 3.05) is 59.0 Å². The van der Waals surface area contributed by atoms with Crippen LogP contribution in [0.15, 0.2) is 53.8 Å². The van der Waals surface area contributed by atoms with Crippen molar-refractivity contribution in [2.45, 2.75) is 63.6 Å². The number of carbonyl (C=O) groups is 4. The number of imidazole rings is 1. The molecule has 2 atom stereocenters. The second-order valence-electron chi connectivity index (χ2n) is 14.3. The van der Waals surface area contributed by atoms with Gasteiger partial charge in [0.2, 0.25) is 11.8 Å². The highest BCUT2D eigenvalue weighted by Crippen LogP contribution is 2.34. The second kappa shape index (κ2) is 13.6. The van der Waals surface area contributed by atoms with Crippen molar-refractivity contribution in [3.63, 3.8) is 0 Å². The van der Waals surface area contributed by atoms with Crippen LogP contribution in [-0.4, -0.2) is 124 Å². The van der Waals surface area contributed by atoms with E-state index in [-0.39, 0.29) is 30.7 Å². The van der Waals surface area contributed by atoms with Gasteiger partial charge in [-0.2, -0.15) is 0 Å². The van der Waals surface area contributed by atoms with E-state index in [2.05, 4.69) is 53.8 Å². The molecule has 3 saturated heterocycles. The Morgan fingerprint density at radius 2 is 1.65 bits per heavy atom. The Morgan fingerprint density at radius 3 is 2.43 bits per heavy atom. The largest absolute Gasteiger partial charge is 0.492 e. The van der Waals surface area contributed by atoms with Crippen molar-refractivity contribution < 1.29 is 23.9 Å². The molecule has 1 N–H and O–H groups in total. The fourth-order valence-electron chi connectivity index (χ4n) is 8.47. The number of rotatable bonds is 9. The molecule has 2 aromatic rings. The number of piperidine rings is 2. The fourth-order valence-corrected chi connectivity index (χ4v) is 8.47. The quantitative estimate of drug-likeness (QED) is 0.401. The van der Waals surface area contributed by atoms with Crippen LogP contribution in [0.5, 0.6) is 5.75 Å². The molecule has 0 saturated carbocycles. The molecule has 8 rings (SSSR count). The maximum atomic E-state index is 13.3. The van der Waals surface area contributed by atoms with Crippen LogP contribution >= 0.6 is 0 Å². The van der Waals surface area contributed by atoms with Crippen LogP contribution in [0.25, 0.3) is 11.3 Å². The molecular weight excluding hydrogens is 622 g/mol. The van der Waals surface area contributed by atoms with Gasteiger partial charge in [-0.05, 0) is 75.4 Å². The Balaban J connectivity index is 0.740. The van der Waals surface area contributed by atoms with Crippen LogP contribution in [0, 0.1) is 5.92 Å². The van der Waals surface area contributed by atoms with Gasteiger partial charge in [-0.1, -0.05) is 12.2 Å². The van der Waals surface area contributed by atoms with Crippen molar-refractivity contribution in [2.24, 2.45) is 5.92 Å². The highest BCUT2D eigenvalue weighted by molar-refractivity contribution is 6.23. The Bertz CT molecular complexity index is 1680. The lowest BCUT2D eigenvalue weighted by Gasteiger charge is -2.41. The first-order chi connectivity index (χ1) is 23.9. The van der Waals surface area contributed by atoms with Gasteiger partial charge in [0.25, 0.3) is 11.8 Å². The van der Waals surface area contributed by atoms with E-state index in [1.54, 1.807) is 6.08 Å². The molecule has 0 radical (unpaired) electrons. The van der Waals surface area contributed by atoms with Gasteiger partial charge in [0, 0.05) is 81.4 Å². The highest BCUT2D eigenvalue weighted by atomic mass is 16.5. The predicted octanol–water partition coefficient (Wildman–Crippen LogP) is 2.00. The third-order valence-electron chi connectivity index (χ3n) is 11.3. The Labute approximate surface area is 286 Å². The minimum absolute atomic E-state index is 0.0557. The molecule has 6 aliphatic rings. The molecule has 258 valence electrons. The number of nitrogens with one attached hydrogen (secondary N) is 1. The summed E-state index contributed by atoms with van der Waals surface area (Å²) < 4.78 is 8.44. The van der Waals surface area contributed by atoms with E-state index in [9.17, 15) is 19.2 Å². The summed E-state index contributed by atoms with van der Waals surface area (Å²) in [5.74, 6) is 1.06. The molecule has 1 aromatic heterocycles. The summed E-state index contributed by atoms with van der Waals surface area (Å²) in [6.45, 7) is 9.82. The summed E-state index contributed by atoms with van der Waals surface area (Å²) in [4.78, 5) is 63.5. The number of hydrogen-bond acceptors (Lipinski definition) is 9. The van der Waals surface area contributed by atoms with Gasteiger partial charge in [0.1, 0.15) is 24.2 Å². The topological polar surface area (TPSA) is 120 Å². The summed E-state index contributed by atoms with van der Waals surface area (Å²) in [5.41, 5.74) is 3.28. The van der Waals surface area contributed by atoms with E-state index in [4.69, 9.17) is 4.74 Å². The first-order valence-electron chi connectivity index (χ1n) is 18.0. The van der Waals surface area contributed by atoms with Crippen LogP contribution in [0.4, 0.5) is 0 Å². The monoisotopic (exact) mass is 667 g/mol. The molecule has 2 unspecified atom stereocenters. The molecule has 4 amide bonds. The molecule has 5 aliphatic heterocycles. The van der Waals surface area contributed by atoms with Crippen molar-refractivity contribution in [3.05, 3.63) is 59.6 Å². The Kier molecular flexibility index (Phi) is 8.94. The number of amides is 4. The summed E-state index contributed by atoms with van der Waals surface area (Å²) >= 11 is 0. The van der Waals surface area contributed by atoms with Crippen LogP contribution in [-0.2, 0) is 32.1 Å². The first kappa shape index (κ1) is 32.1. The van der Waals surface area contributed by atoms with Gasteiger partial charge in [-0.25, -0.2) is 4.98 Å². The van der Waals surface area contributed by atoms with Gasteiger partial charge in [0.15, 0.2) is 0 Å². The number of nitrogens with zero attached hydrogens (tertiary/aromatic N) is 6. The average Bonchev–Trinajstić information content (AvgIpc) is 3.81. The summed E-state index contributed by atoms with van der Waals surface area (Å²) in [5, 5.41) is 2.27. The van der Waals surface area contributed by atoms with E-state index >= 15 is 0 Å². The molecular formula is C37H45N7O5. The fraction of sp³-hybridized carbons (Fsp3) is 0.541. The summed E-state index contributed by atoms with van der Waals surface area (Å²) in [6, 6.07) is 7.56. The number of aryl methyl sites for hydroxylation is 1. The van der Waals surface area contributed by atoms with Gasteiger partial charge in [-0.3, -0.25) is 39.2 Å². The van der Waals surface area contributed by atoms with E-state index in [0.29, 0.717) is 30.1 Å². The third-order valence-corrected chi connectivity index (χ3v) is 11.3. The lowest BCUT2D eigenvalue weighted by molar-refractivity contribution is -0.150.